The normalized spacial score (nSPS) is 11.4. The van der Waals surface area contributed by atoms with E-state index in [1.54, 1.807) is 12.4 Å². The number of aromatic nitrogens is 2. The first-order valence-corrected chi connectivity index (χ1v) is 4.37. The number of nitrogens with two attached hydrogens (primary N) is 1. The second-order valence-electron chi connectivity index (χ2n) is 3.44. The van der Waals surface area contributed by atoms with Crippen LogP contribution >= 0.6 is 11.6 Å². The molecule has 3 N–H and O–H groups in total. The van der Waals surface area contributed by atoms with E-state index in [0.717, 1.165) is 0 Å². The van der Waals surface area contributed by atoms with Gasteiger partial charge in [0.05, 0.1) is 17.4 Å². The Bertz CT molecular complexity index is 270. The molecule has 0 aromatic carbocycles. The van der Waals surface area contributed by atoms with Gasteiger partial charge >= 0.3 is 0 Å². The van der Waals surface area contributed by atoms with Crippen molar-refractivity contribution in [1.82, 2.24) is 9.97 Å². The molecule has 0 aliphatic rings. The van der Waals surface area contributed by atoms with Crippen LogP contribution in [0.3, 0.4) is 0 Å². The van der Waals surface area contributed by atoms with Crippen LogP contribution < -0.4 is 11.1 Å². The van der Waals surface area contributed by atoms with Gasteiger partial charge in [-0.05, 0) is 13.8 Å². The molecule has 1 rings (SSSR count). The van der Waals surface area contributed by atoms with Gasteiger partial charge in [-0.1, -0.05) is 11.6 Å². The molecule has 0 aliphatic heterocycles. The smallest absolute Gasteiger partial charge is 0.223 e. The maximum atomic E-state index is 5.64. The number of nitrogens with zero attached hydrogens (tertiary/aromatic N) is 2. The van der Waals surface area contributed by atoms with Crippen LogP contribution in [0.4, 0.5) is 5.95 Å². The Morgan fingerprint density at radius 3 is 2.46 bits per heavy atom. The standard InChI is InChI=1S/C8H13ClN4/c1-8(2,5-10)13-7-11-3-6(9)4-12-7/h3-4H,5,10H2,1-2H3,(H,11,12,13). The Labute approximate surface area is 82.5 Å². The van der Waals surface area contributed by atoms with Crippen LogP contribution in [-0.2, 0) is 0 Å². The van der Waals surface area contributed by atoms with Crippen LogP contribution in [0.5, 0.6) is 0 Å². The third kappa shape index (κ3) is 3.16. The second kappa shape index (κ2) is 3.89. The molecule has 1 aromatic heterocycles. The van der Waals surface area contributed by atoms with E-state index < -0.39 is 0 Å². The van der Waals surface area contributed by atoms with E-state index in [1.165, 1.54) is 0 Å². The van der Waals surface area contributed by atoms with Crippen molar-refractivity contribution < 1.29 is 0 Å². The fourth-order valence-electron chi connectivity index (χ4n) is 0.731. The fourth-order valence-corrected chi connectivity index (χ4v) is 0.828. The minimum absolute atomic E-state index is 0.201. The maximum Gasteiger partial charge on any atom is 0.223 e. The molecule has 72 valence electrons. The lowest BCUT2D eigenvalue weighted by molar-refractivity contribution is 0.574. The summed E-state index contributed by atoms with van der Waals surface area (Å²) in [6.07, 6.45) is 3.09. The maximum absolute atomic E-state index is 5.64. The average molecular weight is 201 g/mol. The first kappa shape index (κ1) is 10.2. The average Bonchev–Trinajstić information content (AvgIpc) is 2.09. The van der Waals surface area contributed by atoms with Gasteiger partial charge in [0.25, 0.3) is 0 Å². The quantitative estimate of drug-likeness (QED) is 0.772. The SMILES string of the molecule is CC(C)(CN)Nc1ncc(Cl)cn1. The summed E-state index contributed by atoms with van der Waals surface area (Å²) in [5.41, 5.74) is 5.34. The number of nitrogens with one attached hydrogen (secondary N) is 1. The molecule has 1 aromatic rings. The Balaban J connectivity index is 2.69. The first-order valence-electron chi connectivity index (χ1n) is 3.99. The highest BCUT2D eigenvalue weighted by Gasteiger charge is 2.15. The van der Waals surface area contributed by atoms with Crippen molar-refractivity contribution in [2.45, 2.75) is 19.4 Å². The van der Waals surface area contributed by atoms with Gasteiger partial charge in [-0.3, -0.25) is 0 Å². The summed E-state index contributed by atoms with van der Waals surface area (Å²) >= 11 is 5.64. The second-order valence-corrected chi connectivity index (χ2v) is 3.87. The van der Waals surface area contributed by atoms with Crippen molar-refractivity contribution in [2.75, 3.05) is 11.9 Å². The molecular weight excluding hydrogens is 188 g/mol. The summed E-state index contributed by atoms with van der Waals surface area (Å²) in [6, 6.07) is 0. The van der Waals surface area contributed by atoms with E-state index in [-0.39, 0.29) is 5.54 Å². The Kier molecular flexibility index (Phi) is 3.06. The number of hydrogen-bond acceptors (Lipinski definition) is 4. The number of hydrogen-bond donors (Lipinski definition) is 2. The molecule has 0 atom stereocenters. The molecule has 0 bridgehead atoms. The molecule has 1 heterocycles. The molecule has 0 spiro atoms. The monoisotopic (exact) mass is 200 g/mol. The van der Waals surface area contributed by atoms with Crippen molar-refractivity contribution in [3.05, 3.63) is 17.4 Å². The summed E-state index contributed by atoms with van der Waals surface area (Å²) in [5, 5.41) is 3.61. The van der Waals surface area contributed by atoms with Gasteiger partial charge in [0, 0.05) is 12.1 Å². The molecule has 0 amide bonds. The van der Waals surface area contributed by atoms with Gasteiger partial charge in [0.1, 0.15) is 0 Å². The highest BCUT2D eigenvalue weighted by atomic mass is 35.5. The first-order chi connectivity index (χ1) is 6.03. The van der Waals surface area contributed by atoms with E-state index in [1.807, 2.05) is 13.8 Å². The van der Waals surface area contributed by atoms with Crippen molar-refractivity contribution in [1.29, 1.82) is 0 Å². The zero-order valence-corrected chi connectivity index (χ0v) is 8.47. The molecule has 13 heavy (non-hydrogen) atoms. The fraction of sp³-hybridized carbons (Fsp3) is 0.500. The van der Waals surface area contributed by atoms with Gasteiger partial charge < -0.3 is 11.1 Å². The number of rotatable bonds is 3. The van der Waals surface area contributed by atoms with Crippen molar-refractivity contribution >= 4 is 17.5 Å². The van der Waals surface area contributed by atoms with Crippen molar-refractivity contribution in [2.24, 2.45) is 5.73 Å². The van der Waals surface area contributed by atoms with Gasteiger partial charge in [-0.25, -0.2) is 9.97 Å². The third-order valence-corrected chi connectivity index (χ3v) is 1.78. The lowest BCUT2D eigenvalue weighted by atomic mass is 10.1. The van der Waals surface area contributed by atoms with Gasteiger partial charge in [-0.15, -0.1) is 0 Å². The molecule has 0 aliphatic carbocycles. The van der Waals surface area contributed by atoms with Crippen LogP contribution in [0, 0.1) is 0 Å². The van der Waals surface area contributed by atoms with Gasteiger partial charge in [0.15, 0.2) is 0 Å². The Morgan fingerprint density at radius 2 is 2.00 bits per heavy atom. The molecule has 0 radical (unpaired) electrons. The largest absolute Gasteiger partial charge is 0.348 e. The highest BCUT2D eigenvalue weighted by Crippen LogP contribution is 2.10. The summed E-state index contributed by atoms with van der Waals surface area (Å²) in [7, 11) is 0. The van der Waals surface area contributed by atoms with Crippen molar-refractivity contribution in [3.63, 3.8) is 0 Å². The third-order valence-electron chi connectivity index (χ3n) is 1.58. The number of halogens is 1. The number of anilines is 1. The molecule has 5 heteroatoms. The lowest BCUT2D eigenvalue weighted by Gasteiger charge is -2.23. The van der Waals surface area contributed by atoms with E-state index >= 15 is 0 Å². The molecule has 4 nitrogen and oxygen atoms in total. The molecule has 0 fully saturated rings. The molecule has 0 saturated heterocycles. The molecule has 0 unspecified atom stereocenters. The van der Waals surface area contributed by atoms with Crippen LogP contribution in [-0.4, -0.2) is 22.1 Å². The van der Waals surface area contributed by atoms with E-state index in [2.05, 4.69) is 15.3 Å². The minimum atomic E-state index is -0.201. The predicted octanol–water partition coefficient (Wildman–Crippen LogP) is 1.28. The summed E-state index contributed by atoms with van der Waals surface area (Å²) in [4.78, 5) is 8.00. The molecule has 0 saturated carbocycles. The lowest BCUT2D eigenvalue weighted by Crippen LogP contribution is -2.39. The summed E-state index contributed by atoms with van der Waals surface area (Å²) in [5.74, 6) is 0.542. The molecular formula is C8H13ClN4. The summed E-state index contributed by atoms with van der Waals surface area (Å²) in [6.45, 7) is 4.47. The minimum Gasteiger partial charge on any atom is -0.348 e. The topological polar surface area (TPSA) is 63.8 Å². The van der Waals surface area contributed by atoms with Gasteiger partial charge in [-0.2, -0.15) is 0 Å². The zero-order valence-electron chi connectivity index (χ0n) is 7.71. The Morgan fingerprint density at radius 1 is 1.46 bits per heavy atom. The van der Waals surface area contributed by atoms with E-state index in [0.29, 0.717) is 17.5 Å². The van der Waals surface area contributed by atoms with E-state index in [9.17, 15) is 0 Å². The van der Waals surface area contributed by atoms with Crippen molar-refractivity contribution in [3.8, 4) is 0 Å². The van der Waals surface area contributed by atoms with Crippen LogP contribution in [0.2, 0.25) is 5.02 Å². The van der Waals surface area contributed by atoms with Gasteiger partial charge in [0.2, 0.25) is 5.95 Å². The zero-order chi connectivity index (χ0) is 9.90. The van der Waals surface area contributed by atoms with Crippen LogP contribution in [0.15, 0.2) is 12.4 Å². The highest BCUT2D eigenvalue weighted by molar-refractivity contribution is 6.30. The summed E-state index contributed by atoms with van der Waals surface area (Å²) < 4.78 is 0. The Hall–Kier alpha value is -0.870. The van der Waals surface area contributed by atoms with Crippen LogP contribution in [0.25, 0.3) is 0 Å². The van der Waals surface area contributed by atoms with Crippen LogP contribution in [0.1, 0.15) is 13.8 Å². The van der Waals surface area contributed by atoms with E-state index in [4.69, 9.17) is 17.3 Å². The predicted molar refractivity (Wildman–Crippen MR) is 53.8 cm³/mol.